The third kappa shape index (κ3) is 6.76. The summed E-state index contributed by atoms with van der Waals surface area (Å²) in [7, 11) is 0. The maximum atomic E-state index is 13.2. The Hall–Kier alpha value is -4.43. The molecule has 4 aromatic rings. The number of aliphatic hydroxyl groups excluding tert-OH is 1. The van der Waals surface area contributed by atoms with Crippen molar-refractivity contribution in [2.45, 2.75) is 26.2 Å². The van der Waals surface area contributed by atoms with Crippen molar-refractivity contribution in [3.05, 3.63) is 116 Å². The van der Waals surface area contributed by atoms with Crippen LogP contribution in [-0.4, -0.2) is 62.0 Å². The molecule has 206 valence electrons. The van der Waals surface area contributed by atoms with Gasteiger partial charge in [-0.15, -0.1) is 0 Å². The summed E-state index contributed by atoms with van der Waals surface area (Å²) in [6, 6.07) is 17.5. The molecule has 0 saturated carbocycles. The van der Waals surface area contributed by atoms with Crippen molar-refractivity contribution >= 4 is 0 Å². The third-order valence-corrected chi connectivity index (χ3v) is 6.60. The number of nitrogens with zero attached hydrogens (tertiary/aromatic N) is 4. The van der Waals surface area contributed by atoms with E-state index in [0.717, 1.165) is 44.0 Å². The molecule has 40 heavy (non-hydrogen) atoms. The molecule has 0 unspecified atom stereocenters. The first-order valence-electron chi connectivity index (χ1n) is 13.2. The first-order chi connectivity index (χ1) is 19.6. The number of rotatable bonds is 9. The molecule has 5 rings (SSSR count). The Morgan fingerprint density at radius 1 is 0.975 bits per heavy atom. The number of benzene rings is 2. The molecule has 3 heterocycles. The first kappa shape index (κ1) is 27.1. The predicted molar refractivity (Wildman–Crippen MR) is 149 cm³/mol. The van der Waals surface area contributed by atoms with E-state index in [4.69, 9.17) is 9.47 Å². The maximum Gasteiger partial charge on any atom is 0.329 e. The minimum atomic E-state index is -0.430. The second-order valence-corrected chi connectivity index (χ2v) is 9.42. The number of morpholine rings is 1. The first-order valence-corrected chi connectivity index (χ1v) is 13.2. The summed E-state index contributed by atoms with van der Waals surface area (Å²) in [6.45, 7) is 4.31. The molecule has 0 aliphatic carbocycles. The van der Waals surface area contributed by atoms with E-state index in [1.807, 2.05) is 42.5 Å². The van der Waals surface area contributed by atoms with E-state index in [-0.39, 0.29) is 37.7 Å². The highest BCUT2D eigenvalue weighted by atomic mass is 16.5. The second-order valence-electron chi connectivity index (χ2n) is 9.42. The van der Waals surface area contributed by atoms with Crippen molar-refractivity contribution < 1.29 is 14.6 Å². The molecule has 0 amide bonds. The number of H-pyrrole nitrogens is 1. The fourth-order valence-corrected chi connectivity index (χ4v) is 4.48. The lowest BCUT2D eigenvalue weighted by Gasteiger charge is -2.26. The Bertz CT molecular complexity index is 1590. The lowest BCUT2D eigenvalue weighted by molar-refractivity contribution is 0.0342. The van der Waals surface area contributed by atoms with Crippen LogP contribution in [0.5, 0.6) is 5.75 Å². The summed E-state index contributed by atoms with van der Waals surface area (Å²) in [5.74, 6) is 6.24. The van der Waals surface area contributed by atoms with Crippen LogP contribution in [0.3, 0.4) is 0 Å². The van der Waals surface area contributed by atoms with Crippen LogP contribution in [0.25, 0.3) is 0 Å². The summed E-state index contributed by atoms with van der Waals surface area (Å²) in [4.78, 5) is 34.9. The monoisotopic (exact) mass is 541 g/mol. The summed E-state index contributed by atoms with van der Waals surface area (Å²) < 4.78 is 14.1. The number of aromatic amines is 1. The molecule has 10 heteroatoms. The molecule has 10 nitrogen and oxygen atoms in total. The van der Waals surface area contributed by atoms with E-state index in [0.29, 0.717) is 11.4 Å². The zero-order chi connectivity index (χ0) is 27.7. The van der Waals surface area contributed by atoms with E-state index in [2.05, 4.69) is 38.8 Å². The fraction of sp³-hybridized carbons (Fsp3) is 0.300. The molecule has 1 fully saturated rings. The zero-order valence-corrected chi connectivity index (χ0v) is 22.1. The number of ether oxygens (including phenoxy) is 2. The van der Waals surface area contributed by atoms with Crippen molar-refractivity contribution in [2.24, 2.45) is 0 Å². The van der Waals surface area contributed by atoms with Gasteiger partial charge in [-0.1, -0.05) is 48.4 Å². The number of nitrogens with one attached hydrogen (secondary N) is 1. The molecule has 0 radical (unpaired) electrons. The fourth-order valence-electron chi connectivity index (χ4n) is 4.48. The van der Waals surface area contributed by atoms with E-state index >= 15 is 0 Å². The lowest BCUT2D eigenvalue weighted by Crippen LogP contribution is -2.35. The molecular weight excluding hydrogens is 510 g/mol. The Balaban J connectivity index is 1.34. The molecule has 0 atom stereocenters. The second kappa shape index (κ2) is 13.1. The van der Waals surface area contributed by atoms with Gasteiger partial charge in [0, 0.05) is 31.4 Å². The summed E-state index contributed by atoms with van der Waals surface area (Å²) in [5, 5.41) is 9.57. The van der Waals surface area contributed by atoms with Crippen LogP contribution in [0.2, 0.25) is 0 Å². The van der Waals surface area contributed by atoms with E-state index in [1.54, 1.807) is 6.20 Å². The number of hydrogen-bond donors (Lipinski definition) is 2. The summed E-state index contributed by atoms with van der Waals surface area (Å²) >= 11 is 0. The summed E-state index contributed by atoms with van der Waals surface area (Å²) in [5.41, 5.74) is 2.89. The molecule has 1 aliphatic heterocycles. The number of imidazole rings is 1. The molecule has 1 aliphatic rings. The molecular formula is C30H31N5O5. The topological polar surface area (TPSA) is 115 Å². The SMILES string of the molecule is O=c1[nH]cnc(Cn2cc(C#Cc3ccc(CN4CCOCC4)cc3)n(CCO)c2=O)c1OCc1ccccc1. The molecule has 2 aromatic heterocycles. The Kier molecular flexibility index (Phi) is 8.88. The van der Waals surface area contributed by atoms with Crippen LogP contribution in [-0.2, 0) is 31.0 Å². The normalized spacial score (nSPS) is 13.5. The van der Waals surface area contributed by atoms with Crippen LogP contribution < -0.4 is 16.0 Å². The Morgan fingerprint density at radius 3 is 2.50 bits per heavy atom. The van der Waals surface area contributed by atoms with Gasteiger partial charge >= 0.3 is 5.69 Å². The van der Waals surface area contributed by atoms with Crippen molar-refractivity contribution in [3.63, 3.8) is 0 Å². The van der Waals surface area contributed by atoms with Crippen LogP contribution in [0.1, 0.15) is 28.1 Å². The quantitative estimate of drug-likeness (QED) is 0.309. The van der Waals surface area contributed by atoms with E-state index < -0.39 is 5.56 Å². The average Bonchev–Trinajstić information content (AvgIpc) is 3.27. The van der Waals surface area contributed by atoms with Gasteiger partial charge in [0.2, 0.25) is 5.75 Å². The molecule has 2 aromatic carbocycles. The molecule has 0 spiro atoms. The third-order valence-electron chi connectivity index (χ3n) is 6.60. The van der Waals surface area contributed by atoms with Crippen LogP contribution in [0, 0.1) is 11.8 Å². The number of hydrogen-bond acceptors (Lipinski definition) is 7. The van der Waals surface area contributed by atoms with Gasteiger partial charge in [0.25, 0.3) is 5.56 Å². The Morgan fingerprint density at radius 2 is 1.75 bits per heavy atom. The number of aliphatic hydroxyl groups is 1. The Labute approximate surface area is 231 Å². The average molecular weight is 542 g/mol. The van der Waals surface area contributed by atoms with Gasteiger partial charge in [0.05, 0.1) is 39.2 Å². The van der Waals surface area contributed by atoms with Crippen molar-refractivity contribution in [2.75, 3.05) is 32.9 Å². The molecule has 0 bridgehead atoms. The highest BCUT2D eigenvalue weighted by molar-refractivity contribution is 5.41. The van der Waals surface area contributed by atoms with E-state index in [1.165, 1.54) is 21.0 Å². The standard InChI is InChI=1S/C30H31N5O5/c36-15-12-35-26(11-10-23-6-8-24(9-7-23)18-33-13-16-39-17-14-33)19-34(30(35)38)20-27-28(29(37)32-22-31-27)40-21-25-4-2-1-3-5-25/h1-9,19,22,36H,12-18,20-21H2,(H,31,32,37). The highest BCUT2D eigenvalue weighted by Crippen LogP contribution is 2.14. The minimum absolute atomic E-state index is 0.0101. The van der Waals surface area contributed by atoms with Gasteiger partial charge in [-0.25, -0.2) is 9.78 Å². The molecule has 2 N–H and O–H groups in total. The van der Waals surface area contributed by atoms with Crippen LogP contribution in [0.4, 0.5) is 0 Å². The largest absolute Gasteiger partial charge is 0.482 e. The van der Waals surface area contributed by atoms with Crippen LogP contribution in [0.15, 0.2) is 76.7 Å². The van der Waals surface area contributed by atoms with Gasteiger partial charge < -0.3 is 19.6 Å². The summed E-state index contributed by atoms with van der Waals surface area (Å²) in [6.07, 6.45) is 2.90. The molecule has 1 saturated heterocycles. The van der Waals surface area contributed by atoms with Gasteiger partial charge in [-0.3, -0.25) is 18.8 Å². The van der Waals surface area contributed by atoms with Gasteiger partial charge in [0.15, 0.2) is 0 Å². The smallest absolute Gasteiger partial charge is 0.329 e. The van der Waals surface area contributed by atoms with Crippen molar-refractivity contribution in [1.29, 1.82) is 0 Å². The van der Waals surface area contributed by atoms with Gasteiger partial charge in [-0.05, 0) is 29.2 Å². The highest BCUT2D eigenvalue weighted by Gasteiger charge is 2.16. The van der Waals surface area contributed by atoms with Gasteiger partial charge in [-0.2, -0.15) is 0 Å². The maximum absolute atomic E-state index is 13.2. The van der Waals surface area contributed by atoms with E-state index in [9.17, 15) is 14.7 Å². The van der Waals surface area contributed by atoms with Crippen molar-refractivity contribution in [3.8, 4) is 17.6 Å². The zero-order valence-electron chi connectivity index (χ0n) is 22.1. The van der Waals surface area contributed by atoms with Crippen molar-refractivity contribution in [1.82, 2.24) is 24.0 Å². The minimum Gasteiger partial charge on any atom is -0.482 e. The van der Waals surface area contributed by atoms with Crippen LogP contribution >= 0.6 is 0 Å². The lowest BCUT2D eigenvalue weighted by atomic mass is 10.1. The van der Waals surface area contributed by atoms with Gasteiger partial charge in [0.1, 0.15) is 18.0 Å². The number of aromatic nitrogens is 4. The predicted octanol–water partition coefficient (Wildman–Crippen LogP) is 1.58.